The number of hydrogen-bond donors (Lipinski definition) is 1. The molecule has 0 radical (unpaired) electrons. The Labute approximate surface area is 147 Å². The SMILES string of the molecule is CC(=O)NCCc1nc2ccccc2n1CCOc1ccc(C)cc1. The van der Waals surface area contributed by atoms with Gasteiger partial charge in [0.05, 0.1) is 17.6 Å². The smallest absolute Gasteiger partial charge is 0.216 e. The fourth-order valence-corrected chi connectivity index (χ4v) is 2.81. The van der Waals surface area contributed by atoms with Crippen LogP contribution < -0.4 is 10.1 Å². The second-order valence-corrected chi connectivity index (χ2v) is 6.06. The Hall–Kier alpha value is -2.82. The molecule has 5 heteroatoms. The largest absolute Gasteiger partial charge is 0.492 e. The highest BCUT2D eigenvalue weighted by molar-refractivity contribution is 5.76. The van der Waals surface area contributed by atoms with Gasteiger partial charge in [0.2, 0.25) is 5.91 Å². The lowest BCUT2D eigenvalue weighted by molar-refractivity contribution is -0.118. The summed E-state index contributed by atoms with van der Waals surface area (Å²) in [5.74, 6) is 1.81. The van der Waals surface area contributed by atoms with E-state index in [1.807, 2.05) is 42.5 Å². The van der Waals surface area contributed by atoms with Crippen LogP contribution in [0.1, 0.15) is 18.3 Å². The summed E-state index contributed by atoms with van der Waals surface area (Å²) < 4.78 is 8.03. The number of fused-ring (bicyclic) bond motifs is 1. The van der Waals surface area contributed by atoms with E-state index in [9.17, 15) is 4.79 Å². The van der Waals surface area contributed by atoms with Crippen LogP contribution in [-0.4, -0.2) is 28.6 Å². The van der Waals surface area contributed by atoms with E-state index in [1.54, 1.807) is 0 Å². The maximum absolute atomic E-state index is 11.1. The van der Waals surface area contributed by atoms with Gasteiger partial charge in [-0.15, -0.1) is 0 Å². The zero-order valence-electron chi connectivity index (χ0n) is 14.7. The number of aryl methyl sites for hydroxylation is 1. The zero-order chi connectivity index (χ0) is 17.6. The minimum absolute atomic E-state index is 0.0228. The second kappa shape index (κ2) is 7.83. The molecule has 0 saturated heterocycles. The zero-order valence-corrected chi connectivity index (χ0v) is 14.7. The van der Waals surface area contributed by atoms with E-state index in [2.05, 4.69) is 22.9 Å². The number of nitrogens with zero attached hydrogens (tertiary/aromatic N) is 2. The van der Waals surface area contributed by atoms with E-state index in [-0.39, 0.29) is 5.91 Å². The molecule has 1 aromatic heterocycles. The second-order valence-electron chi connectivity index (χ2n) is 6.06. The van der Waals surface area contributed by atoms with Crippen molar-refractivity contribution < 1.29 is 9.53 Å². The van der Waals surface area contributed by atoms with Crippen molar-refractivity contribution in [2.24, 2.45) is 0 Å². The quantitative estimate of drug-likeness (QED) is 0.721. The molecule has 3 rings (SSSR count). The molecule has 0 bridgehead atoms. The molecule has 0 unspecified atom stereocenters. The highest BCUT2D eigenvalue weighted by Gasteiger charge is 2.10. The van der Waals surface area contributed by atoms with Gasteiger partial charge in [-0.3, -0.25) is 4.79 Å². The number of ether oxygens (including phenoxy) is 1. The first kappa shape index (κ1) is 17.0. The Morgan fingerprint density at radius 2 is 1.92 bits per heavy atom. The Balaban J connectivity index is 1.71. The number of imidazole rings is 1. The summed E-state index contributed by atoms with van der Waals surface area (Å²) in [6, 6.07) is 16.1. The van der Waals surface area contributed by atoms with Crippen LogP contribution in [0.4, 0.5) is 0 Å². The molecule has 0 atom stereocenters. The van der Waals surface area contributed by atoms with E-state index >= 15 is 0 Å². The number of para-hydroxylation sites is 2. The van der Waals surface area contributed by atoms with E-state index in [0.29, 0.717) is 26.1 Å². The molecule has 0 fully saturated rings. The Kier molecular flexibility index (Phi) is 5.33. The third-order valence-electron chi connectivity index (χ3n) is 4.06. The van der Waals surface area contributed by atoms with Gasteiger partial charge in [-0.2, -0.15) is 0 Å². The third-order valence-corrected chi connectivity index (χ3v) is 4.06. The van der Waals surface area contributed by atoms with Crippen LogP contribution in [0, 0.1) is 6.92 Å². The summed E-state index contributed by atoms with van der Waals surface area (Å²) in [4.78, 5) is 15.8. The van der Waals surface area contributed by atoms with Crippen molar-refractivity contribution in [3.63, 3.8) is 0 Å². The van der Waals surface area contributed by atoms with E-state index < -0.39 is 0 Å². The molecule has 0 saturated carbocycles. The maximum Gasteiger partial charge on any atom is 0.216 e. The molecular weight excluding hydrogens is 314 g/mol. The van der Waals surface area contributed by atoms with Crippen molar-refractivity contribution in [1.82, 2.24) is 14.9 Å². The van der Waals surface area contributed by atoms with Gasteiger partial charge in [0.1, 0.15) is 18.2 Å². The maximum atomic E-state index is 11.1. The molecule has 1 heterocycles. The van der Waals surface area contributed by atoms with Crippen molar-refractivity contribution in [2.45, 2.75) is 26.8 Å². The van der Waals surface area contributed by atoms with Crippen LogP contribution >= 0.6 is 0 Å². The van der Waals surface area contributed by atoms with E-state index in [4.69, 9.17) is 9.72 Å². The first-order valence-electron chi connectivity index (χ1n) is 8.51. The lowest BCUT2D eigenvalue weighted by Gasteiger charge is -2.11. The summed E-state index contributed by atoms with van der Waals surface area (Å²) in [5, 5.41) is 2.83. The molecule has 0 aliphatic heterocycles. The average Bonchev–Trinajstić information content (AvgIpc) is 2.94. The lowest BCUT2D eigenvalue weighted by atomic mass is 10.2. The summed E-state index contributed by atoms with van der Waals surface area (Å²) in [7, 11) is 0. The Morgan fingerprint density at radius 1 is 1.16 bits per heavy atom. The minimum atomic E-state index is -0.0228. The molecule has 1 amide bonds. The van der Waals surface area contributed by atoms with Crippen molar-refractivity contribution >= 4 is 16.9 Å². The topological polar surface area (TPSA) is 56.2 Å². The molecule has 0 spiro atoms. The van der Waals surface area contributed by atoms with Gasteiger partial charge in [0, 0.05) is 19.9 Å². The van der Waals surface area contributed by atoms with Crippen molar-refractivity contribution in [3.05, 3.63) is 59.9 Å². The molecule has 5 nitrogen and oxygen atoms in total. The Bertz CT molecular complexity index is 853. The summed E-state index contributed by atoms with van der Waals surface area (Å²) in [5.41, 5.74) is 3.27. The van der Waals surface area contributed by atoms with Crippen LogP contribution in [0.15, 0.2) is 48.5 Å². The number of carbonyl (C=O) groups excluding carboxylic acids is 1. The number of rotatable bonds is 7. The molecule has 0 aliphatic carbocycles. The number of carbonyl (C=O) groups is 1. The van der Waals surface area contributed by atoms with Gasteiger partial charge in [0.15, 0.2) is 0 Å². The fourth-order valence-electron chi connectivity index (χ4n) is 2.81. The number of hydrogen-bond acceptors (Lipinski definition) is 3. The van der Waals surface area contributed by atoms with Crippen LogP contribution in [0.25, 0.3) is 11.0 Å². The predicted molar refractivity (Wildman–Crippen MR) is 98.8 cm³/mol. The van der Waals surface area contributed by atoms with Gasteiger partial charge in [-0.05, 0) is 31.2 Å². The van der Waals surface area contributed by atoms with Crippen molar-refractivity contribution in [1.29, 1.82) is 0 Å². The van der Waals surface area contributed by atoms with Crippen LogP contribution in [0.2, 0.25) is 0 Å². The number of amides is 1. The predicted octanol–water partition coefficient (Wildman–Crippen LogP) is 3.10. The van der Waals surface area contributed by atoms with Gasteiger partial charge >= 0.3 is 0 Å². The molecule has 130 valence electrons. The van der Waals surface area contributed by atoms with Gasteiger partial charge < -0.3 is 14.6 Å². The van der Waals surface area contributed by atoms with E-state index in [0.717, 1.165) is 22.6 Å². The highest BCUT2D eigenvalue weighted by atomic mass is 16.5. The van der Waals surface area contributed by atoms with Crippen LogP contribution in [0.5, 0.6) is 5.75 Å². The number of aromatic nitrogens is 2. The van der Waals surface area contributed by atoms with Crippen LogP contribution in [-0.2, 0) is 17.8 Å². The van der Waals surface area contributed by atoms with Crippen molar-refractivity contribution in [3.8, 4) is 5.75 Å². The van der Waals surface area contributed by atoms with Crippen LogP contribution in [0.3, 0.4) is 0 Å². The molecule has 25 heavy (non-hydrogen) atoms. The summed E-state index contributed by atoms with van der Waals surface area (Å²) in [6.07, 6.45) is 0.693. The fraction of sp³-hybridized carbons (Fsp3) is 0.300. The Morgan fingerprint density at radius 3 is 2.68 bits per heavy atom. The minimum Gasteiger partial charge on any atom is -0.492 e. The first-order valence-corrected chi connectivity index (χ1v) is 8.51. The third kappa shape index (κ3) is 4.38. The molecule has 0 aliphatic rings. The van der Waals surface area contributed by atoms with Gasteiger partial charge in [-0.25, -0.2) is 4.98 Å². The monoisotopic (exact) mass is 337 g/mol. The standard InChI is InChI=1S/C20H23N3O2/c1-15-7-9-17(10-8-15)25-14-13-23-19-6-4-3-5-18(19)22-20(23)11-12-21-16(2)24/h3-10H,11-14H2,1-2H3,(H,21,24). The molecule has 3 aromatic rings. The number of benzene rings is 2. The molecule has 1 N–H and O–H groups in total. The van der Waals surface area contributed by atoms with Gasteiger partial charge in [0.25, 0.3) is 0 Å². The normalized spacial score (nSPS) is 10.8. The number of nitrogens with one attached hydrogen (secondary N) is 1. The molecule has 2 aromatic carbocycles. The summed E-state index contributed by atoms with van der Waals surface area (Å²) >= 11 is 0. The van der Waals surface area contributed by atoms with Gasteiger partial charge in [-0.1, -0.05) is 29.8 Å². The van der Waals surface area contributed by atoms with E-state index in [1.165, 1.54) is 12.5 Å². The van der Waals surface area contributed by atoms with Crippen molar-refractivity contribution in [2.75, 3.05) is 13.2 Å². The first-order chi connectivity index (χ1) is 12.1. The average molecular weight is 337 g/mol. The lowest BCUT2D eigenvalue weighted by Crippen LogP contribution is -2.24. The summed E-state index contributed by atoms with van der Waals surface area (Å²) in [6.45, 7) is 5.44. The highest BCUT2D eigenvalue weighted by Crippen LogP contribution is 2.17. The molecular formula is C20H23N3O2.